The van der Waals surface area contributed by atoms with Gasteiger partial charge in [-0.3, -0.25) is 0 Å². The molecule has 1 aromatic carbocycles. The van der Waals surface area contributed by atoms with Crippen molar-refractivity contribution in [1.82, 2.24) is 4.72 Å². The van der Waals surface area contributed by atoms with E-state index in [9.17, 15) is 21.6 Å². The Kier molecular flexibility index (Phi) is 7.98. The maximum absolute atomic E-state index is 12.8. The molecule has 0 bridgehead atoms. The molecule has 1 rings (SSSR count). The number of benzene rings is 1. The first-order valence-corrected chi connectivity index (χ1v) is 7.61. The standard InChI is InChI=1S/C11H14ClF3N2O2S.ClH/c12-9-5-3-4-8(11(13,14)15)10(9)20(18,19)17-7-2-1-6-16;/h3-5,17H,1-2,6-7,16H2;1H. The normalized spacial score (nSPS) is 12.0. The third-order valence-corrected chi connectivity index (χ3v) is 4.45. The average molecular weight is 367 g/mol. The highest BCUT2D eigenvalue weighted by atomic mass is 35.5. The van der Waals surface area contributed by atoms with Crippen LogP contribution in [0.1, 0.15) is 18.4 Å². The van der Waals surface area contributed by atoms with E-state index in [-0.39, 0.29) is 19.0 Å². The number of halogens is 5. The maximum Gasteiger partial charge on any atom is 0.417 e. The van der Waals surface area contributed by atoms with Gasteiger partial charge in [-0.2, -0.15) is 13.2 Å². The van der Waals surface area contributed by atoms with Crippen LogP contribution in [-0.4, -0.2) is 21.5 Å². The van der Waals surface area contributed by atoms with Crippen LogP contribution in [0.25, 0.3) is 0 Å². The summed E-state index contributed by atoms with van der Waals surface area (Å²) in [6, 6.07) is 2.84. The molecule has 10 heteroatoms. The Labute approximate surface area is 132 Å². The van der Waals surface area contributed by atoms with Crippen LogP contribution in [-0.2, 0) is 16.2 Å². The van der Waals surface area contributed by atoms with Crippen molar-refractivity contribution in [2.75, 3.05) is 13.1 Å². The van der Waals surface area contributed by atoms with E-state index < -0.39 is 31.7 Å². The number of alkyl halides is 3. The molecule has 0 spiro atoms. The molecule has 0 aliphatic carbocycles. The molecule has 3 N–H and O–H groups in total. The van der Waals surface area contributed by atoms with Gasteiger partial charge < -0.3 is 5.73 Å². The summed E-state index contributed by atoms with van der Waals surface area (Å²) >= 11 is 5.62. The Morgan fingerprint density at radius 3 is 2.38 bits per heavy atom. The molecule has 21 heavy (non-hydrogen) atoms. The molecule has 0 amide bonds. The Bertz CT molecular complexity index is 565. The van der Waals surface area contributed by atoms with Crippen molar-refractivity contribution in [3.05, 3.63) is 28.8 Å². The predicted molar refractivity (Wildman–Crippen MR) is 77.2 cm³/mol. The molecule has 4 nitrogen and oxygen atoms in total. The van der Waals surface area contributed by atoms with E-state index in [1.807, 2.05) is 0 Å². The van der Waals surface area contributed by atoms with E-state index in [2.05, 4.69) is 4.72 Å². The number of nitrogens with two attached hydrogens (primary N) is 1. The van der Waals surface area contributed by atoms with Gasteiger partial charge in [0.2, 0.25) is 10.0 Å². The minimum Gasteiger partial charge on any atom is -0.330 e. The summed E-state index contributed by atoms with van der Waals surface area (Å²) in [6.07, 6.45) is -3.80. The van der Waals surface area contributed by atoms with Gasteiger partial charge in [0.05, 0.1) is 10.6 Å². The second-order valence-electron chi connectivity index (χ2n) is 4.01. The summed E-state index contributed by atoms with van der Waals surface area (Å²) < 4.78 is 64.5. The smallest absolute Gasteiger partial charge is 0.330 e. The summed E-state index contributed by atoms with van der Waals surface area (Å²) in [5, 5.41) is -0.467. The first kappa shape index (κ1) is 20.5. The Hall–Kier alpha value is -0.540. The zero-order chi connectivity index (χ0) is 15.4. The summed E-state index contributed by atoms with van der Waals surface area (Å²) in [5.74, 6) is 0. The van der Waals surface area contributed by atoms with Gasteiger partial charge in [-0.05, 0) is 31.5 Å². The molecule has 0 saturated carbocycles. The highest BCUT2D eigenvalue weighted by Gasteiger charge is 2.38. The molecule has 0 fully saturated rings. The van der Waals surface area contributed by atoms with Gasteiger partial charge in [0.1, 0.15) is 4.90 Å². The minimum atomic E-state index is -4.80. The van der Waals surface area contributed by atoms with Crippen LogP contribution in [0.5, 0.6) is 0 Å². The van der Waals surface area contributed by atoms with Gasteiger partial charge in [0.15, 0.2) is 0 Å². The lowest BCUT2D eigenvalue weighted by Gasteiger charge is -2.15. The van der Waals surface area contributed by atoms with Gasteiger partial charge in [-0.1, -0.05) is 17.7 Å². The SMILES string of the molecule is Cl.NCCCCNS(=O)(=O)c1c(Cl)cccc1C(F)(F)F. The molecular formula is C11H15Cl2F3N2O2S. The van der Waals surface area contributed by atoms with E-state index in [4.69, 9.17) is 17.3 Å². The van der Waals surface area contributed by atoms with Crippen LogP contribution >= 0.6 is 24.0 Å². The first-order valence-electron chi connectivity index (χ1n) is 5.75. The second kappa shape index (κ2) is 8.19. The highest BCUT2D eigenvalue weighted by molar-refractivity contribution is 7.89. The molecule has 0 saturated heterocycles. The molecule has 0 atom stereocenters. The van der Waals surface area contributed by atoms with Gasteiger partial charge in [-0.25, -0.2) is 13.1 Å². The van der Waals surface area contributed by atoms with Crippen molar-refractivity contribution >= 4 is 34.0 Å². The quantitative estimate of drug-likeness (QED) is 0.760. The van der Waals surface area contributed by atoms with Gasteiger partial charge in [0, 0.05) is 6.54 Å². The van der Waals surface area contributed by atoms with E-state index >= 15 is 0 Å². The number of nitrogens with one attached hydrogen (secondary N) is 1. The lowest BCUT2D eigenvalue weighted by Crippen LogP contribution is -2.28. The fourth-order valence-electron chi connectivity index (χ4n) is 1.55. The molecule has 122 valence electrons. The molecular weight excluding hydrogens is 352 g/mol. The van der Waals surface area contributed by atoms with Crippen molar-refractivity contribution < 1.29 is 21.6 Å². The van der Waals surface area contributed by atoms with Crippen LogP contribution in [0.3, 0.4) is 0 Å². The molecule has 0 aliphatic heterocycles. The molecule has 0 heterocycles. The third-order valence-electron chi connectivity index (χ3n) is 2.46. The van der Waals surface area contributed by atoms with E-state index in [0.717, 1.165) is 12.1 Å². The lowest BCUT2D eigenvalue weighted by molar-refractivity contribution is -0.139. The summed E-state index contributed by atoms with van der Waals surface area (Å²) in [4.78, 5) is -0.943. The number of sulfonamides is 1. The summed E-state index contributed by atoms with van der Waals surface area (Å²) in [5.41, 5.74) is 3.97. The maximum atomic E-state index is 12.8. The fraction of sp³-hybridized carbons (Fsp3) is 0.455. The molecule has 0 aromatic heterocycles. The zero-order valence-electron chi connectivity index (χ0n) is 10.8. The van der Waals surface area contributed by atoms with Crippen molar-refractivity contribution in [2.45, 2.75) is 23.9 Å². The second-order valence-corrected chi connectivity index (χ2v) is 6.12. The van der Waals surface area contributed by atoms with Gasteiger partial charge >= 0.3 is 6.18 Å². The zero-order valence-corrected chi connectivity index (χ0v) is 13.2. The lowest BCUT2D eigenvalue weighted by atomic mass is 10.2. The molecule has 1 aromatic rings. The number of hydrogen-bond donors (Lipinski definition) is 2. The Balaban J connectivity index is 0.00000400. The van der Waals surface area contributed by atoms with Crippen molar-refractivity contribution in [3.8, 4) is 0 Å². The van der Waals surface area contributed by atoms with E-state index in [1.165, 1.54) is 0 Å². The fourth-order valence-corrected chi connectivity index (χ4v) is 3.39. The van der Waals surface area contributed by atoms with E-state index in [0.29, 0.717) is 25.5 Å². The molecule has 0 aliphatic rings. The van der Waals surface area contributed by atoms with Crippen molar-refractivity contribution in [2.24, 2.45) is 5.73 Å². The largest absolute Gasteiger partial charge is 0.417 e. The summed E-state index contributed by atoms with van der Waals surface area (Å²) in [6.45, 7) is 0.379. The van der Waals surface area contributed by atoms with Gasteiger partial charge in [-0.15, -0.1) is 12.4 Å². The molecule has 0 unspecified atom stereocenters. The summed E-state index contributed by atoms with van der Waals surface area (Å²) in [7, 11) is -4.33. The topological polar surface area (TPSA) is 72.2 Å². The number of unbranched alkanes of at least 4 members (excludes halogenated alkanes) is 1. The van der Waals surface area contributed by atoms with Crippen molar-refractivity contribution in [3.63, 3.8) is 0 Å². The predicted octanol–water partition coefficient (Wildman–Crippen LogP) is 2.80. The van der Waals surface area contributed by atoms with Crippen LogP contribution in [0, 0.1) is 0 Å². The van der Waals surface area contributed by atoms with Crippen molar-refractivity contribution in [1.29, 1.82) is 0 Å². The highest BCUT2D eigenvalue weighted by Crippen LogP contribution is 2.37. The average Bonchev–Trinajstić information content (AvgIpc) is 2.33. The minimum absolute atomic E-state index is 0. The Morgan fingerprint density at radius 1 is 1.24 bits per heavy atom. The van der Waals surface area contributed by atoms with Crippen LogP contribution in [0.2, 0.25) is 5.02 Å². The number of rotatable bonds is 6. The van der Waals surface area contributed by atoms with E-state index in [1.54, 1.807) is 0 Å². The number of hydrogen-bond acceptors (Lipinski definition) is 3. The monoisotopic (exact) mass is 366 g/mol. The van der Waals surface area contributed by atoms with Crippen LogP contribution in [0.15, 0.2) is 23.1 Å². The van der Waals surface area contributed by atoms with Crippen LogP contribution in [0.4, 0.5) is 13.2 Å². The third kappa shape index (κ3) is 5.63. The Morgan fingerprint density at radius 2 is 1.86 bits per heavy atom. The molecule has 0 radical (unpaired) electrons. The van der Waals surface area contributed by atoms with Crippen LogP contribution < -0.4 is 10.5 Å². The van der Waals surface area contributed by atoms with Gasteiger partial charge in [0.25, 0.3) is 0 Å². The first-order chi connectivity index (χ1) is 9.20.